The maximum Gasteiger partial charge on any atom is 0.319 e. The molecule has 0 unspecified atom stereocenters. The molecule has 2 aromatic carbocycles. The Morgan fingerprint density at radius 1 is 1.12 bits per heavy atom. The van der Waals surface area contributed by atoms with Crippen LogP contribution in [-0.4, -0.2) is 30.1 Å². The Hall–Kier alpha value is -2.60. The van der Waals surface area contributed by atoms with Crippen LogP contribution in [0.25, 0.3) is 10.9 Å². The van der Waals surface area contributed by atoms with Crippen LogP contribution in [0.4, 0.5) is 16.2 Å². The van der Waals surface area contributed by atoms with Gasteiger partial charge in [-0.1, -0.05) is 30.3 Å². The predicted octanol–water partition coefficient (Wildman–Crippen LogP) is 4.40. The lowest BCUT2D eigenvalue weighted by molar-refractivity contribution is 0.249. The molecule has 1 aliphatic heterocycles. The Morgan fingerprint density at radius 2 is 1.92 bits per heavy atom. The highest BCUT2D eigenvalue weighted by Crippen LogP contribution is 2.28. The molecule has 1 aliphatic rings. The van der Waals surface area contributed by atoms with Crippen LogP contribution in [0.3, 0.4) is 0 Å². The maximum atomic E-state index is 12.3. The molecule has 0 aliphatic carbocycles. The zero-order valence-electron chi connectivity index (χ0n) is 14.2. The summed E-state index contributed by atoms with van der Waals surface area (Å²) in [7, 11) is 0. The SMILES string of the molecule is O=C(Nc1ccccc1Br)N[C@@H]1CCN(c2ccnc3ccccc23)C1. The van der Waals surface area contributed by atoms with Crippen LogP contribution in [0, 0.1) is 0 Å². The molecule has 0 bridgehead atoms. The maximum absolute atomic E-state index is 12.3. The van der Waals surface area contributed by atoms with E-state index in [4.69, 9.17) is 0 Å². The quantitative estimate of drug-likeness (QED) is 0.672. The van der Waals surface area contributed by atoms with Crippen molar-refractivity contribution >= 4 is 44.2 Å². The Bertz CT molecular complexity index is 941. The van der Waals surface area contributed by atoms with E-state index < -0.39 is 0 Å². The number of nitrogens with one attached hydrogen (secondary N) is 2. The smallest absolute Gasteiger partial charge is 0.319 e. The van der Waals surface area contributed by atoms with E-state index in [1.165, 1.54) is 5.69 Å². The molecule has 0 spiro atoms. The lowest BCUT2D eigenvalue weighted by Crippen LogP contribution is -2.39. The first-order chi connectivity index (χ1) is 12.7. The largest absolute Gasteiger partial charge is 0.369 e. The van der Waals surface area contributed by atoms with Gasteiger partial charge in [0.05, 0.1) is 11.2 Å². The average Bonchev–Trinajstić information content (AvgIpc) is 3.11. The molecule has 26 heavy (non-hydrogen) atoms. The van der Waals surface area contributed by atoms with Gasteiger partial charge >= 0.3 is 6.03 Å². The number of carbonyl (C=O) groups excluding carboxylic acids is 1. The first-order valence-corrected chi connectivity index (χ1v) is 9.41. The lowest BCUT2D eigenvalue weighted by Gasteiger charge is -2.21. The van der Waals surface area contributed by atoms with Crippen LogP contribution in [0.2, 0.25) is 0 Å². The zero-order chi connectivity index (χ0) is 17.9. The summed E-state index contributed by atoms with van der Waals surface area (Å²) in [5.41, 5.74) is 2.93. The number of aromatic nitrogens is 1. The molecule has 4 rings (SSSR count). The highest BCUT2D eigenvalue weighted by Gasteiger charge is 2.25. The topological polar surface area (TPSA) is 57.3 Å². The lowest BCUT2D eigenvalue weighted by atomic mass is 10.2. The molecule has 2 N–H and O–H groups in total. The molecule has 132 valence electrons. The third-order valence-corrected chi connectivity index (χ3v) is 5.30. The van der Waals surface area contributed by atoms with Gasteiger partial charge in [0, 0.05) is 40.9 Å². The molecule has 0 radical (unpaired) electrons. The number of anilines is 2. The number of halogens is 1. The van der Waals surface area contributed by atoms with Crippen molar-refractivity contribution in [1.29, 1.82) is 0 Å². The van der Waals surface area contributed by atoms with Crippen LogP contribution in [-0.2, 0) is 0 Å². The summed E-state index contributed by atoms with van der Waals surface area (Å²) < 4.78 is 0.867. The van der Waals surface area contributed by atoms with Gasteiger partial charge in [0.2, 0.25) is 0 Å². The summed E-state index contributed by atoms with van der Waals surface area (Å²) >= 11 is 3.44. The van der Waals surface area contributed by atoms with Gasteiger partial charge in [0.25, 0.3) is 0 Å². The summed E-state index contributed by atoms with van der Waals surface area (Å²) in [6.45, 7) is 1.70. The van der Waals surface area contributed by atoms with Crippen molar-refractivity contribution in [2.24, 2.45) is 0 Å². The average molecular weight is 411 g/mol. The van der Waals surface area contributed by atoms with Crippen LogP contribution < -0.4 is 15.5 Å². The van der Waals surface area contributed by atoms with Crippen molar-refractivity contribution < 1.29 is 4.79 Å². The summed E-state index contributed by atoms with van der Waals surface area (Å²) in [6, 6.07) is 17.7. The van der Waals surface area contributed by atoms with E-state index >= 15 is 0 Å². The molecule has 3 aromatic rings. The van der Waals surface area contributed by atoms with E-state index in [0.29, 0.717) is 0 Å². The van der Waals surface area contributed by atoms with Gasteiger partial charge in [0.1, 0.15) is 0 Å². The number of para-hydroxylation sites is 2. The zero-order valence-corrected chi connectivity index (χ0v) is 15.7. The molecule has 2 heterocycles. The third-order valence-electron chi connectivity index (χ3n) is 4.61. The highest BCUT2D eigenvalue weighted by molar-refractivity contribution is 9.10. The molecule has 2 amide bonds. The summed E-state index contributed by atoms with van der Waals surface area (Å²) in [4.78, 5) is 19.0. The molecular weight excluding hydrogens is 392 g/mol. The Kier molecular flexibility index (Phi) is 4.75. The number of fused-ring (bicyclic) bond motifs is 1. The van der Waals surface area contributed by atoms with E-state index in [-0.39, 0.29) is 12.1 Å². The van der Waals surface area contributed by atoms with Gasteiger partial charge in [-0.25, -0.2) is 4.79 Å². The molecule has 1 aromatic heterocycles. The third kappa shape index (κ3) is 3.51. The second kappa shape index (κ2) is 7.33. The van der Waals surface area contributed by atoms with Gasteiger partial charge in [0.15, 0.2) is 0 Å². The van der Waals surface area contributed by atoms with Crippen LogP contribution in [0.15, 0.2) is 65.3 Å². The Labute approximate surface area is 160 Å². The fourth-order valence-electron chi connectivity index (χ4n) is 3.36. The minimum Gasteiger partial charge on any atom is -0.369 e. The molecule has 6 heteroatoms. The number of rotatable bonds is 3. The van der Waals surface area contributed by atoms with Crippen LogP contribution in [0.5, 0.6) is 0 Å². The van der Waals surface area contributed by atoms with Crippen molar-refractivity contribution in [1.82, 2.24) is 10.3 Å². The van der Waals surface area contributed by atoms with E-state index in [1.807, 2.05) is 54.7 Å². The number of benzene rings is 2. The van der Waals surface area contributed by atoms with Crippen molar-refractivity contribution in [3.63, 3.8) is 0 Å². The van der Waals surface area contributed by atoms with Crippen molar-refractivity contribution in [3.05, 3.63) is 65.3 Å². The van der Waals surface area contributed by atoms with Gasteiger partial charge in [-0.15, -0.1) is 0 Å². The van der Waals surface area contributed by atoms with Crippen molar-refractivity contribution in [3.8, 4) is 0 Å². The minimum absolute atomic E-state index is 0.115. The number of pyridine rings is 1. The normalized spacial score (nSPS) is 16.7. The second-order valence-electron chi connectivity index (χ2n) is 6.36. The molecular formula is C20H19BrN4O. The number of hydrogen-bond donors (Lipinski definition) is 2. The second-order valence-corrected chi connectivity index (χ2v) is 7.21. The number of amides is 2. The van der Waals surface area contributed by atoms with Gasteiger partial charge in [-0.3, -0.25) is 4.98 Å². The fraction of sp³-hybridized carbons (Fsp3) is 0.200. The van der Waals surface area contributed by atoms with Crippen molar-refractivity contribution in [2.45, 2.75) is 12.5 Å². The first-order valence-electron chi connectivity index (χ1n) is 8.61. The molecule has 0 saturated carbocycles. The summed E-state index contributed by atoms with van der Waals surface area (Å²) in [5.74, 6) is 0. The molecule has 5 nitrogen and oxygen atoms in total. The number of urea groups is 1. The van der Waals surface area contributed by atoms with Gasteiger partial charge < -0.3 is 15.5 Å². The number of nitrogens with zero attached hydrogens (tertiary/aromatic N) is 2. The van der Waals surface area contributed by atoms with E-state index in [1.54, 1.807) is 0 Å². The number of hydrogen-bond acceptors (Lipinski definition) is 3. The standard InChI is InChI=1S/C20H19BrN4O/c21-16-6-2-4-8-18(16)24-20(26)23-14-10-12-25(13-14)19-9-11-22-17-7-3-1-5-15(17)19/h1-9,11,14H,10,12-13H2,(H2,23,24,26)/t14-/m1/s1. The predicted molar refractivity (Wildman–Crippen MR) is 109 cm³/mol. The fourth-order valence-corrected chi connectivity index (χ4v) is 3.74. The van der Waals surface area contributed by atoms with E-state index in [9.17, 15) is 4.79 Å². The first kappa shape index (κ1) is 16.8. The summed E-state index contributed by atoms with van der Waals surface area (Å²) in [5, 5.41) is 7.12. The Balaban J connectivity index is 1.42. The van der Waals surface area contributed by atoms with Crippen LogP contribution >= 0.6 is 15.9 Å². The van der Waals surface area contributed by atoms with E-state index in [0.717, 1.165) is 40.6 Å². The van der Waals surface area contributed by atoms with Crippen LogP contribution in [0.1, 0.15) is 6.42 Å². The molecule has 1 atom stereocenters. The van der Waals surface area contributed by atoms with Gasteiger partial charge in [-0.2, -0.15) is 0 Å². The van der Waals surface area contributed by atoms with Gasteiger partial charge in [-0.05, 0) is 46.6 Å². The molecule has 1 fully saturated rings. The number of carbonyl (C=O) groups is 1. The summed E-state index contributed by atoms with van der Waals surface area (Å²) in [6.07, 6.45) is 2.76. The highest BCUT2D eigenvalue weighted by atomic mass is 79.9. The minimum atomic E-state index is -0.177. The van der Waals surface area contributed by atoms with Crippen molar-refractivity contribution in [2.75, 3.05) is 23.3 Å². The Morgan fingerprint density at radius 3 is 2.81 bits per heavy atom. The van der Waals surface area contributed by atoms with E-state index in [2.05, 4.69) is 42.5 Å². The molecule has 1 saturated heterocycles. The monoisotopic (exact) mass is 410 g/mol.